The summed E-state index contributed by atoms with van der Waals surface area (Å²) in [5.74, 6) is -0.0737. The largest absolute Gasteiger partial charge is 0.481 e. The number of nitriles is 1. The predicted octanol–water partition coefficient (Wildman–Crippen LogP) is 5.76. The summed E-state index contributed by atoms with van der Waals surface area (Å²) >= 11 is 0. The normalized spacial score (nSPS) is 18.6. The second-order valence-electron chi connectivity index (χ2n) is 12.7. The summed E-state index contributed by atoms with van der Waals surface area (Å²) in [5.41, 5.74) is 2.86. The minimum absolute atomic E-state index is 0.0406. The molecule has 2 fully saturated rings. The highest BCUT2D eigenvalue weighted by atomic mass is 19.4. The summed E-state index contributed by atoms with van der Waals surface area (Å²) < 4.78 is 59.9. The number of carbonyl (C=O) groups excluding carboxylic acids is 1. The molecule has 0 bridgehead atoms. The number of likely N-dealkylation sites (tertiary alicyclic amines) is 1. The highest BCUT2D eigenvalue weighted by molar-refractivity contribution is 6.20. The monoisotopic (exact) mass is 688 g/mol. The van der Waals surface area contributed by atoms with E-state index in [-0.39, 0.29) is 55.3 Å². The number of furan rings is 1. The smallest absolute Gasteiger partial charge is 0.422 e. The Labute approximate surface area is 285 Å². The highest BCUT2D eigenvalue weighted by Crippen LogP contribution is 2.49. The molecule has 50 heavy (non-hydrogen) atoms. The molecule has 15 heteroatoms. The third-order valence-electron chi connectivity index (χ3n) is 9.58. The van der Waals surface area contributed by atoms with Gasteiger partial charge in [0.2, 0.25) is 5.91 Å². The van der Waals surface area contributed by atoms with Gasteiger partial charge < -0.3 is 28.6 Å². The molecule has 5 heterocycles. The average molecular weight is 689 g/mol. The first-order chi connectivity index (χ1) is 24.1. The summed E-state index contributed by atoms with van der Waals surface area (Å²) in [5, 5.41) is 18.3. The lowest BCUT2D eigenvalue weighted by Gasteiger charge is -2.41. The van der Waals surface area contributed by atoms with Gasteiger partial charge in [0, 0.05) is 47.6 Å². The number of benzene rings is 2. The van der Waals surface area contributed by atoms with Gasteiger partial charge in [-0.15, -0.1) is 0 Å². The third kappa shape index (κ3) is 6.04. The van der Waals surface area contributed by atoms with Crippen molar-refractivity contribution >= 4 is 44.5 Å². The van der Waals surface area contributed by atoms with Crippen LogP contribution in [0.3, 0.4) is 0 Å². The molecule has 0 aliphatic carbocycles. The quantitative estimate of drug-likeness (QED) is 0.191. The fourth-order valence-corrected chi connectivity index (χ4v) is 7.13. The van der Waals surface area contributed by atoms with Gasteiger partial charge in [0.25, 0.3) is 0 Å². The Kier molecular flexibility index (Phi) is 8.73. The molecule has 1 amide bonds. The molecular weight excluding hydrogens is 653 g/mol. The fourth-order valence-electron chi connectivity index (χ4n) is 7.13. The van der Waals surface area contributed by atoms with Crippen molar-refractivity contribution in [1.82, 2.24) is 30.0 Å². The van der Waals surface area contributed by atoms with E-state index in [9.17, 15) is 23.2 Å². The van der Waals surface area contributed by atoms with Crippen LogP contribution in [0, 0.1) is 18.3 Å². The van der Waals surface area contributed by atoms with Crippen molar-refractivity contribution in [3.05, 3.63) is 48.9 Å². The lowest BCUT2D eigenvalue weighted by atomic mass is 9.92. The van der Waals surface area contributed by atoms with Gasteiger partial charge in [0.1, 0.15) is 23.5 Å². The van der Waals surface area contributed by atoms with Crippen molar-refractivity contribution in [2.24, 2.45) is 0 Å². The summed E-state index contributed by atoms with van der Waals surface area (Å²) in [7, 11) is 2.01. The van der Waals surface area contributed by atoms with Crippen LogP contribution in [0.15, 0.2) is 47.7 Å². The van der Waals surface area contributed by atoms with Crippen LogP contribution in [0.25, 0.3) is 43.9 Å². The van der Waals surface area contributed by atoms with Crippen molar-refractivity contribution in [3.8, 4) is 29.0 Å². The number of ether oxygens (including phenoxy) is 2. The lowest BCUT2D eigenvalue weighted by molar-refractivity contribution is -0.153. The van der Waals surface area contributed by atoms with Gasteiger partial charge in [0.05, 0.1) is 41.9 Å². The molecule has 2 saturated heterocycles. The number of amides is 1. The molecule has 2 aliphatic rings. The van der Waals surface area contributed by atoms with Crippen LogP contribution < -0.4 is 14.4 Å². The number of aromatic nitrogens is 4. The number of carbonyl (C=O) groups is 1. The number of H-pyrrole nitrogens is 1. The molecule has 12 nitrogen and oxygen atoms in total. The standard InChI is InChI=1S/C35H35F3N8O4/c1-4-26(47)46-14-13-45(17-21(46)9-11-39)33-29-30(41-34(42-33)49-18-22-6-5-12-44(22)3)32(50-19-35(36,37)38)28(23-10-15-48-31(23)29)27-20(2)7-8-25-24(27)16-40-43-25/h4,7-8,10,15-16,21-22H,1,5-6,9,12-14,17-19H2,2-3H3,(H,40,43)/t21-,22-/m0/s1. The first-order valence-electron chi connectivity index (χ1n) is 16.3. The van der Waals surface area contributed by atoms with E-state index >= 15 is 0 Å². The van der Waals surface area contributed by atoms with E-state index in [2.05, 4.69) is 27.7 Å². The number of piperazine rings is 1. The minimum atomic E-state index is -4.66. The number of anilines is 1. The Bertz CT molecular complexity index is 2140. The van der Waals surface area contributed by atoms with Crippen LogP contribution >= 0.6 is 0 Å². The van der Waals surface area contributed by atoms with Crippen molar-refractivity contribution in [3.63, 3.8) is 0 Å². The number of rotatable bonds is 9. The number of aryl methyl sites for hydroxylation is 1. The third-order valence-corrected chi connectivity index (χ3v) is 9.58. The maximum absolute atomic E-state index is 13.9. The first-order valence-corrected chi connectivity index (χ1v) is 16.3. The van der Waals surface area contributed by atoms with Gasteiger partial charge in [-0.2, -0.15) is 33.5 Å². The zero-order valence-corrected chi connectivity index (χ0v) is 27.6. The molecule has 2 aromatic carbocycles. The fraction of sp³-hybridized carbons (Fsp3) is 0.400. The van der Waals surface area contributed by atoms with Crippen molar-refractivity contribution < 1.29 is 31.9 Å². The zero-order chi connectivity index (χ0) is 35.2. The number of alkyl halides is 3. The van der Waals surface area contributed by atoms with Gasteiger partial charge in [-0.05, 0) is 57.1 Å². The summed E-state index contributed by atoms with van der Waals surface area (Å²) in [6.07, 6.45) is 1.62. The van der Waals surface area contributed by atoms with Crippen LogP contribution in [0.5, 0.6) is 11.8 Å². The van der Waals surface area contributed by atoms with Gasteiger partial charge in [-0.3, -0.25) is 9.89 Å². The number of likely N-dealkylation sites (N-methyl/N-ethyl adjacent to an activating group) is 1. The van der Waals surface area contributed by atoms with E-state index in [0.29, 0.717) is 50.7 Å². The maximum Gasteiger partial charge on any atom is 0.422 e. The molecule has 7 rings (SSSR count). The highest BCUT2D eigenvalue weighted by Gasteiger charge is 2.35. The van der Waals surface area contributed by atoms with Crippen molar-refractivity contribution in [2.75, 3.05) is 51.3 Å². The molecule has 3 aromatic heterocycles. The predicted molar refractivity (Wildman–Crippen MR) is 180 cm³/mol. The minimum Gasteiger partial charge on any atom is -0.481 e. The molecular formula is C35H35F3N8O4. The lowest BCUT2D eigenvalue weighted by Crippen LogP contribution is -2.55. The van der Waals surface area contributed by atoms with E-state index in [1.165, 1.54) is 12.3 Å². The number of nitrogens with zero attached hydrogens (tertiary/aromatic N) is 7. The van der Waals surface area contributed by atoms with Crippen LogP contribution in [-0.4, -0.2) is 101 Å². The Balaban J connectivity index is 1.49. The van der Waals surface area contributed by atoms with Crippen LogP contribution in [0.4, 0.5) is 19.0 Å². The van der Waals surface area contributed by atoms with Crippen LogP contribution in [0.2, 0.25) is 0 Å². The number of hydrogen-bond donors (Lipinski definition) is 1. The van der Waals surface area contributed by atoms with Gasteiger partial charge in [-0.1, -0.05) is 12.6 Å². The zero-order valence-electron chi connectivity index (χ0n) is 27.6. The topological polar surface area (TPSA) is 137 Å². The molecule has 2 atom stereocenters. The molecule has 5 aromatic rings. The molecule has 0 radical (unpaired) electrons. The van der Waals surface area contributed by atoms with E-state index in [1.807, 2.05) is 31.0 Å². The molecule has 0 saturated carbocycles. The number of halogens is 3. The second kappa shape index (κ2) is 13.2. The summed E-state index contributed by atoms with van der Waals surface area (Å²) in [6, 6.07) is 7.12. The Morgan fingerprint density at radius 1 is 1.16 bits per heavy atom. The molecule has 260 valence electrons. The van der Waals surface area contributed by atoms with E-state index in [4.69, 9.17) is 23.9 Å². The number of nitrogens with one attached hydrogen (secondary N) is 1. The molecule has 1 N–H and O–H groups in total. The number of aromatic amines is 1. The van der Waals surface area contributed by atoms with E-state index < -0.39 is 18.8 Å². The molecule has 0 unspecified atom stereocenters. The molecule has 0 spiro atoms. The first kappa shape index (κ1) is 33.2. The van der Waals surface area contributed by atoms with Crippen molar-refractivity contribution in [1.29, 1.82) is 5.26 Å². The SMILES string of the molecule is C=CC(=O)N1CCN(c2nc(OC[C@@H]3CCCN3C)nc3c(OCC(F)(F)F)c(-c4c(C)ccc5[nH]ncc45)c4ccoc4c23)C[C@@H]1CC#N. The van der Waals surface area contributed by atoms with E-state index in [1.54, 1.807) is 17.2 Å². The Morgan fingerprint density at radius 2 is 2.00 bits per heavy atom. The van der Waals surface area contributed by atoms with Crippen LogP contribution in [-0.2, 0) is 4.79 Å². The Morgan fingerprint density at radius 3 is 2.74 bits per heavy atom. The average Bonchev–Trinajstić information content (AvgIpc) is 3.87. The number of hydrogen-bond acceptors (Lipinski definition) is 10. The van der Waals surface area contributed by atoms with Crippen molar-refractivity contribution in [2.45, 2.75) is 44.4 Å². The number of fused-ring (bicyclic) bond motifs is 4. The summed E-state index contributed by atoms with van der Waals surface area (Å²) in [4.78, 5) is 28.0. The van der Waals surface area contributed by atoms with Crippen LogP contribution in [0.1, 0.15) is 24.8 Å². The van der Waals surface area contributed by atoms with E-state index in [0.717, 1.165) is 24.9 Å². The molecule has 2 aliphatic heterocycles. The van der Waals surface area contributed by atoms with Gasteiger partial charge >= 0.3 is 12.2 Å². The maximum atomic E-state index is 13.9. The second-order valence-corrected chi connectivity index (χ2v) is 12.7. The van der Waals surface area contributed by atoms with Gasteiger partial charge in [0.15, 0.2) is 12.4 Å². The van der Waals surface area contributed by atoms with Gasteiger partial charge in [-0.25, -0.2) is 0 Å². The summed E-state index contributed by atoms with van der Waals surface area (Å²) in [6.45, 7) is 5.84. The Hall–Kier alpha value is -5.36.